The van der Waals surface area contributed by atoms with E-state index in [2.05, 4.69) is 12.2 Å². The maximum Gasteiger partial charge on any atom is 0.251 e. The standard InChI is InChI=1S/C19H33N3O/c1-2-3-4-5-6-7-8-9-10-11-12-22-19(23)16-13-17(20)15-18(21)14-16/h13-15H,2-12,20-21H2,1H3,(H,22,23). The molecule has 0 heterocycles. The van der Waals surface area contributed by atoms with E-state index in [0.717, 1.165) is 6.42 Å². The normalized spacial score (nSPS) is 10.7. The van der Waals surface area contributed by atoms with Crippen LogP contribution in [0.15, 0.2) is 18.2 Å². The lowest BCUT2D eigenvalue weighted by molar-refractivity contribution is 0.0953. The summed E-state index contributed by atoms with van der Waals surface area (Å²) in [5, 5.41) is 2.93. The second-order valence-corrected chi connectivity index (χ2v) is 6.33. The van der Waals surface area contributed by atoms with Crippen LogP contribution in [0.3, 0.4) is 0 Å². The van der Waals surface area contributed by atoms with Crippen LogP contribution in [-0.4, -0.2) is 12.5 Å². The molecule has 1 aromatic rings. The van der Waals surface area contributed by atoms with E-state index in [-0.39, 0.29) is 5.91 Å². The molecule has 4 nitrogen and oxygen atoms in total. The first kappa shape index (κ1) is 19.3. The topological polar surface area (TPSA) is 81.1 Å². The minimum Gasteiger partial charge on any atom is -0.399 e. The number of benzene rings is 1. The Balaban J connectivity index is 2.01. The van der Waals surface area contributed by atoms with Gasteiger partial charge in [-0.2, -0.15) is 0 Å². The number of nitrogen functional groups attached to an aromatic ring is 2. The zero-order chi connectivity index (χ0) is 16.9. The first-order valence-corrected chi connectivity index (χ1v) is 9.07. The van der Waals surface area contributed by atoms with Gasteiger partial charge in [-0.3, -0.25) is 4.79 Å². The predicted molar refractivity (Wildman–Crippen MR) is 99.4 cm³/mol. The third-order valence-corrected chi connectivity index (χ3v) is 4.06. The number of rotatable bonds is 12. The van der Waals surface area contributed by atoms with Crippen LogP contribution in [0, 0.1) is 0 Å². The minimum absolute atomic E-state index is 0.0973. The maximum atomic E-state index is 12.0. The Morgan fingerprint density at radius 2 is 1.30 bits per heavy atom. The summed E-state index contributed by atoms with van der Waals surface area (Å²) in [7, 11) is 0. The van der Waals surface area contributed by atoms with Crippen molar-refractivity contribution >= 4 is 17.3 Å². The molecular weight excluding hydrogens is 286 g/mol. The summed E-state index contributed by atoms with van der Waals surface area (Å²) in [6.45, 7) is 2.96. The Morgan fingerprint density at radius 1 is 0.826 bits per heavy atom. The maximum absolute atomic E-state index is 12.0. The van der Waals surface area contributed by atoms with Crippen molar-refractivity contribution in [2.24, 2.45) is 0 Å². The van der Waals surface area contributed by atoms with Gasteiger partial charge in [0.1, 0.15) is 0 Å². The average molecular weight is 319 g/mol. The molecule has 0 radical (unpaired) electrons. The minimum atomic E-state index is -0.0973. The average Bonchev–Trinajstić information content (AvgIpc) is 2.51. The van der Waals surface area contributed by atoms with Crippen molar-refractivity contribution in [1.82, 2.24) is 5.32 Å². The molecule has 1 rings (SSSR count). The van der Waals surface area contributed by atoms with Gasteiger partial charge in [0.15, 0.2) is 0 Å². The van der Waals surface area contributed by atoms with Crippen LogP contribution >= 0.6 is 0 Å². The largest absolute Gasteiger partial charge is 0.399 e. The molecule has 0 bridgehead atoms. The molecule has 1 aromatic carbocycles. The van der Waals surface area contributed by atoms with E-state index in [4.69, 9.17) is 11.5 Å². The first-order valence-electron chi connectivity index (χ1n) is 9.07. The molecular formula is C19H33N3O. The Morgan fingerprint density at radius 3 is 1.83 bits per heavy atom. The summed E-state index contributed by atoms with van der Waals surface area (Å²) >= 11 is 0. The Kier molecular flexibility index (Phi) is 9.92. The van der Waals surface area contributed by atoms with Gasteiger partial charge in [0, 0.05) is 23.5 Å². The van der Waals surface area contributed by atoms with Crippen LogP contribution in [0.25, 0.3) is 0 Å². The number of amides is 1. The number of nitrogens with one attached hydrogen (secondary N) is 1. The number of carbonyl (C=O) groups is 1. The van der Waals surface area contributed by atoms with Crippen LogP contribution < -0.4 is 16.8 Å². The van der Waals surface area contributed by atoms with E-state index in [0.29, 0.717) is 23.5 Å². The lowest BCUT2D eigenvalue weighted by atomic mass is 10.1. The molecule has 0 spiro atoms. The van der Waals surface area contributed by atoms with Gasteiger partial charge in [0.05, 0.1) is 0 Å². The third-order valence-electron chi connectivity index (χ3n) is 4.06. The molecule has 0 aliphatic rings. The molecule has 0 aliphatic heterocycles. The van der Waals surface area contributed by atoms with Gasteiger partial charge < -0.3 is 16.8 Å². The van der Waals surface area contributed by atoms with Gasteiger partial charge in [-0.15, -0.1) is 0 Å². The lowest BCUT2D eigenvalue weighted by Crippen LogP contribution is -2.24. The van der Waals surface area contributed by atoms with Gasteiger partial charge in [0.25, 0.3) is 5.91 Å². The molecule has 0 fully saturated rings. The summed E-state index contributed by atoms with van der Waals surface area (Å²) < 4.78 is 0. The van der Waals surface area contributed by atoms with Crippen molar-refractivity contribution in [1.29, 1.82) is 0 Å². The zero-order valence-electron chi connectivity index (χ0n) is 14.6. The highest BCUT2D eigenvalue weighted by Crippen LogP contribution is 2.13. The van der Waals surface area contributed by atoms with Gasteiger partial charge in [-0.25, -0.2) is 0 Å². The van der Waals surface area contributed by atoms with Crippen molar-refractivity contribution in [3.63, 3.8) is 0 Å². The van der Waals surface area contributed by atoms with Crippen molar-refractivity contribution in [3.05, 3.63) is 23.8 Å². The lowest BCUT2D eigenvalue weighted by Gasteiger charge is -2.07. The highest BCUT2D eigenvalue weighted by molar-refractivity contribution is 5.96. The number of carbonyl (C=O) groups excluding carboxylic acids is 1. The van der Waals surface area contributed by atoms with Crippen LogP contribution in [0.1, 0.15) is 81.5 Å². The number of hydrogen-bond acceptors (Lipinski definition) is 3. The second kappa shape index (κ2) is 11.8. The highest BCUT2D eigenvalue weighted by atomic mass is 16.1. The van der Waals surface area contributed by atoms with Crippen molar-refractivity contribution in [2.45, 2.75) is 71.1 Å². The SMILES string of the molecule is CCCCCCCCCCCCNC(=O)c1cc(N)cc(N)c1. The predicted octanol–water partition coefficient (Wildman–Crippen LogP) is 4.50. The second-order valence-electron chi connectivity index (χ2n) is 6.33. The fourth-order valence-corrected chi connectivity index (χ4v) is 2.72. The summed E-state index contributed by atoms with van der Waals surface area (Å²) in [4.78, 5) is 12.0. The van der Waals surface area contributed by atoms with E-state index in [1.165, 1.54) is 57.8 Å². The van der Waals surface area contributed by atoms with Gasteiger partial charge in [-0.1, -0.05) is 64.7 Å². The summed E-state index contributed by atoms with van der Waals surface area (Å²) in [6, 6.07) is 4.97. The van der Waals surface area contributed by atoms with Crippen molar-refractivity contribution in [2.75, 3.05) is 18.0 Å². The smallest absolute Gasteiger partial charge is 0.251 e. The Bertz CT molecular complexity index is 440. The number of unbranched alkanes of at least 4 members (excludes halogenated alkanes) is 9. The quantitative estimate of drug-likeness (QED) is 0.392. The van der Waals surface area contributed by atoms with Crippen LogP contribution in [0.4, 0.5) is 11.4 Å². The van der Waals surface area contributed by atoms with E-state index in [1.807, 2.05) is 0 Å². The van der Waals surface area contributed by atoms with E-state index < -0.39 is 0 Å². The summed E-state index contributed by atoms with van der Waals surface area (Å²) in [5.74, 6) is -0.0973. The van der Waals surface area contributed by atoms with Gasteiger partial charge in [0.2, 0.25) is 0 Å². The number of nitrogens with two attached hydrogens (primary N) is 2. The molecule has 0 aliphatic carbocycles. The molecule has 130 valence electrons. The first-order chi connectivity index (χ1) is 11.1. The van der Waals surface area contributed by atoms with Crippen molar-refractivity contribution < 1.29 is 4.79 Å². The van der Waals surface area contributed by atoms with E-state index in [1.54, 1.807) is 18.2 Å². The molecule has 4 heteroatoms. The molecule has 5 N–H and O–H groups in total. The zero-order valence-corrected chi connectivity index (χ0v) is 14.6. The monoisotopic (exact) mass is 319 g/mol. The van der Waals surface area contributed by atoms with Gasteiger partial charge >= 0.3 is 0 Å². The highest BCUT2D eigenvalue weighted by Gasteiger charge is 2.06. The molecule has 0 unspecified atom stereocenters. The number of hydrogen-bond donors (Lipinski definition) is 3. The molecule has 1 amide bonds. The van der Waals surface area contributed by atoms with Crippen LogP contribution in [0.2, 0.25) is 0 Å². The fourth-order valence-electron chi connectivity index (χ4n) is 2.72. The molecule has 0 aromatic heterocycles. The number of anilines is 2. The Labute approximate surface area is 141 Å². The third kappa shape index (κ3) is 9.11. The molecule has 0 saturated carbocycles. The Hall–Kier alpha value is -1.71. The molecule has 0 saturated heterocycles. The summed E-state index contributed by atoms with van der Waals surface area (Å²) in [5.41, 5.74) is 13.0. The summed E-state index contributed by atoms with van der Waals surface area (Å²) in [6.07, 6.45) is 12.9. The van der Waals surface area contributed by atoms with E-state index in [9.17, 15) is 4.79 Å². The molecule has 23 heavy (non-hydrogen) atoms. The van der Waals surface area contributed by atoms with Crippen LogP contribution in [0.5, 0.6) is 0 Å². The molecule has 0 atom stereocenters. The van der Waals surface area contributed by atoms with Gasteiger partial charge in [-0.05, 0) is 24.6 Å². The van der Waals surface area contributed by atoms with E-state index >= 15 is 0 Å². The fraction of sp³-hybridized carbons (Fsp3) is 0.632. The van der Waals surface area contributed by atoms with Crippen molar-refractivity contribution in [3.8, 4) is 0 Å². The van der Waals surface area contributed by atoms with Crippen LogP contribution in [-0.2, 0) is 0 Å².